The second-order valence-corrected chi connectivity index (χ2v) is 8.22. The predicted octanol–water partition coefficient (Wildman–Crippen LogP) is 2.61. The molecular formula is C23H37N5O. The van der Waals surface area contributed by atoms with Crippen molar-refractivity contribution in [2.45, 2.75) is 64.1 Å². The molecule has 1 amide bonds. The lowest BCUT2D eigenvalue weighted by Crippen LogP contribution is -2.49. The van der Waals surface area contributed by atoms with Gasteiger partial charge in [0.1, 0.15) is 0 Å². The number of aliphatic imine (C=N–C) groups is 1. The number of piperidine rings is 1. The summed E-state index contributed by atoms with van der Waals surface area (Å²) in [5.41, 5.74) is 1.39. The Morgan fingerprint density at radius 3 is 2.59 bits per heavy atom. The van der Waals surface area contributed by atoms with Gasteiger partial charge in [0.25, 0.3) is 0 Å². The van der Waals surface area contributed by atoms with Gasteiger partial charge >= 0.3 is 0 Å². The van der Waals surface area contributed by atoms with Crippen LogP contribution >= 0.6 is 0 Å². The van der Waals surface area contributed by atoms with Crippen LogP contribution in [0.25, 0.3) is 0 Å². The van der Waals surface area contributed by atoms with Gasteiger partial charge in [-0.1, -0.05) is 37.3 Å². The lowest BCUT2D eigenvalue weighted by atomic mass is 10.0. The number of nitrogens with one attached hydrogen (secondary N) is 2. The van der Waals surface area contributed by atoms with Gasteiger partial charge in [0.2, 0.25) is 5.91 Å². The lowest BCUT2D eigenvalue weighted by molar-refractivity contribution is -0.129. The highest BCUT2D eigenvalue weighted by Gasteiger charge is 2.26. The van der Waals surface area contributed by atoms with Gasteiger partial charge in [-0.2, -0.15) is 0 Å². The van der Waals surface area contributed by atoms with Gasteiger partial charge in [-0.15, -0.1) is 0 Å². The number of guanidine groups is 1. The fourth-order valence-corrected chi connectivity index (χ4v) is 4.46. The van der Waals surface area contributed by atoms with Gasteiger partial charge in [-0.05, 0) is 37.7 Å². The van der Waals surface area contributed by atoms with E-state index in [0.717, 1.165) is 77.2 Å². The maximum Gasteiger partial charge on any atom is 0.222 e. The molecule has 6 nitrogen and oxygen atoms in total. The standard InChI is InChI=1S/C23H37N5O/c1-3-21(28-15-7-10-22(28)29)11-14-25-23(24-2)26-20-12-16-27(17-13-20)18-19-8-5-4-6-9-19/h4-6,8-9,20-21H,3,7,10-18H2,1-2H3,(H2,24,25,26). The Morgan fingerprint density at radius 2 is 1.97 bits per heavy atom. The third-order valence-corrected chi connectivity index (χ3v) is 6.19. The maximum absolute atomic E-state index is 12.0. The van der Waals surface area contributed by atoms with E-state index in [4.69, 9.17) is 0 Å². The fourth-order valence-electron chi connectivity index (χ4n) is 4.46. The number of amides is 1. The van der Waals surface area contributed by atoms with Crippen LogP contribution in [0.5, 0.6) is 0 Å². The molecule has 2 aliphatic heterocycles. The SMILES string of the molecule is CCC(CCNC(=NC)NC1CCN(Cc2ccccc2)CC1)N1CCCC1=O. The molecule has 0 radical (unpaired) electrons. The van der Waals surface area contributed by atoms with Crippen LogP contribution in [0.3, 0.4) is 0 Å². The summed E-state index contributed by atoms with van der Waals surface area (Å²) < 4.78 is 0. The van der Waals surface area contributed by atoms with Crippen molar-refractivity contribution < 1.29 is 4.79 Å². The molecule has 3 rings (SSSR count). The zero-order valence-electron chi connectivity index (χ0n) is 18.1. The second kappa shape index (κ2) is 11.2. The summed E-state index contributed by atoms with van der Waals surface area (Å²) in [6.45, 7) is 7.19. The molecule has 0 spiro atoms. The van der Waals surface area contributed by atoms with Crippen molar-refractivity contribution in [1.29, 1.82) is 0 Å². The van der Waals surface area contributed by atoms with E-state index in [1.165, 1.54) is 5.56 Å². The van der Waals surface area contributed by atoms with Crippen molar-refractivity contribution in [2.24, 2.45) is 4.99 Å². The minimum absolute atomic E-state index is 0.321. The molecule has 1 aromatic rings. The number of rotatable bonds is 8. The zero-order valence-corrected chi connectivity index (χ0v) is 18.1. The Kier molecular flexibility index (Phi) is 8.35. The van der Waals surface area contributed by atoms with Gasteiger partial charge in [0.15, 0.2) is 5.96 Å². The maximum atomic E-state index is 12.0. The molecule has 29 heavy (non-hydrogen) atoms. The average Bonchev–Trinajstić information content (AvgIpc) is 3.18. The minimum Gasteiger partial charge on any atom is -0.356 e. The zero-order chi connectivity index (χ0) is 20.5. The van der Waals surface area contributed by atoms with Crippen LogP contribution < -0.4 is 10.6 Å². The largest absolute Gasteiger partial charge is 0.356 e. The summed E-state index contributed by atoms with van der Waals surface area (Å²) in [4.78, 5) is 21.0. The summed E-state index contributed by atoms with van der Waals surface area (Å²) in [5.74, 6) is 1.20. The predicted molar refractivity (Wildman–Crippen MR) is 119 cm³/mol. The Morgan fingerprint density at radius 1 is 1.21 bits per heavy atom. The summed E-state index contributed by atoms with van der Waals surface area (Å²) in [6.07, 6.45) is 5.98. The number of carbonyl (C=O) groups is 1. The third kappa shape index (κ3) is 6.46. The first-order valence-corrected chi connectivity index (χ1v) is 11.2. The smallest absolute Gasteiger partial charge is 0.222 e. The molecule has 2 saturated heterocycles. The minimum atomic E-state index is 0.321. The lowest BCUT2D eigenvalue weighted by Gasteiger charge is -2.33. The van der Waals surface area contributed by atoms with Crippen molar-refractivity contribution in [3.8, 4) is 0 Å². The molecule has 2 heterocycles. The summed E-state index contributed by atoms with van der Waals surface area (Å²) in [7, 11) is 1.83. The highest BCUT2D eigenvalue weighted by molar-refractivity contribution is 5.80. The van der Waals surface area contributed by atoms with Crippen molar-refractivity contribution in [3.63, 3.8) is 0 Å². The van der Waals surface area contributed by atoms with E-state index in [9.17, 15) is 4.79 Å². The number of benzene rings is 1. The topological polar surface area (TPSA) is 60.0 Å². The first-order valence-electron chi connectivity index (χ1n) is 11.2. The Bertz CT molecular complexity index is 654. The first-order chi connectivity index (χ1) is 14.2. The number of hydrogen-bond donors (Lipinski definition) is 2. The molecule has 2 aliphatic rings. The molecule has 2 fully saturated rings. The van der Waals surface area contributed by atoms with Crippen molar-refractivity contribution in [3.05, 3.63) is 35.9 Å². The molecule has 6 heteroatoms. The molecular weight excluding hydrogens is 362 g/mol. The van der Waals surface area contributed by atoms with Gasteiger partial charge in [-0.3, -0.25) is 14.7 Å². The van der Waals surface area contributed by atoms with E-state index in [-0.39, 0.29) is 0 Å². The van der Waals surface area contributed by atoms with Crippen LogP contribution in [-0.4, -0.2) is 67.0 Å². The van der Waals surface area contributed by atoms with Crippen LogP contribution in [0.15, 0.2) is 35.3 Å². The molecule has 1 atom stereocenters. The fraction of sp³-hybridized carbons (Fsp3) is 0.652. The molecule has 160 valence electrons. The number of likely N-dealkylation sites (tertiary alicyclic amines) is 2. The van der Waals surface area contributed by atoms with E-state index in [1.807, 2.05) is 7.05 Å². The average molecular weight is 400 g/mol. The number of nitrogens with zero attached hydrogens (tertiary/aromatic N) is 3. The molecule has 1 aromatic carbocycles. The Hall–Kier alpha value is -2.08. The molecule has 2 N–H and O–H groups in total. The van der Waals surface area contributed by atoms with Crippen LogP contribution in [0, 0.1) is 0 Å². The summed E-state index contributed by atoms with van der Waals surface area (Å²) >= 11 is 0. The van der Waals surface area contributed by atoms with Crippen molar-refractivity contribution in [1.82, 2.24) is 20.4 Å². The summed E-state index contributed by atoms with van der Waals surface area (Å²) in [6, 6.07) is 11.5. The van der Waals surface area contributed by atoms with Crippen molar-refractivity contribution in [2.75, 3.05) is 33.2 Å². The first kappa shape index (κ1) is 21.6. The molecule has 0 saturated carbocycles. The number of carbonyl (C=O) groups excluding carboxylic acids is 1. The van der Waals surface area contributed by atoms with E-state index in [1.54, 1.807) is 0 Å². The highest BCUT2D eigenvalue weighted by atomic mass is 16.2. The third-order valence-electron chi connectivity index (χ3n) is 6.19. The molecule has 0 aromatic heterocycles. The Balaban J connectivity index is 1.36. The van der Waals surface area contributed by atoms with E-state index < -0.39 is 0 Å². The quantitative estimate of drug-likeness (QED) is 0.521. The van der Waals surface area contributed by atoms with E-state index in [2.05, 4.69) is 62.7 Å². The van der Waals surface area contributed by atoms with Gasteiger partial charge in [-0.25, -0.2) is 0 Å². The van der Waals surface area contributed by atoms with Gasteiger partial charge < -0.3 is 15.5 Å². The summed E-state index contributed by atoms with van der Waals surface area (Å²) in [5, 5.41) is 7.05. The molecule has 1 unspecified atom stereocenters. The Labute approximate surface area is 175 Å². The second-order valence-electron chi connectivity index (χ2n) is 8.22. The van der Waals surface area contributed by atoms with E-state index in [0.29, 0.717) is 18.0 Å². The molecule has 0 bridgehead atoms. The van der Waals surface area contributed by atoms with Crippen LogP contribution in [0.4, 0.5) is 0 Å². The highest BCUT2D eigenvalue weighted by Crippen LogP contribution is 2.18. The van der Waals surface area contributed by atoms with Crippen molar-refractivity contribution >= 4 is 11.9 Å². The monoisotopic (exact) mass is 399 g/mol. The number of hydrogen-bond acceptors (Lipinski definition) is 3. The van der Waals surface area contributed by atoms with Gasteiger partial charge in [0, 0.05) is 58.3 Å². The van der Waals surface area contributed by atoms with Crippen LogP contribution in [0.2, 0.25) is 0 Å². The van der Waals surface area contributed by atoms with Gasteiger partial charge in [0.05, 0.1) is 0 Å². The molecule has 0 aliphatic carbocycles. The normalized spacial score (nSPS) is 20.1. The van der Waals surface area contributed by atoms with E-state index >= 15 is 0 Å². The van der Waals surface area contributed by atoms with Crippen LogP contribution in [0.1, 0.15) is 51.0 Å². The van der Waals surface area contributed by atoms with Crippen LogP contribution in [-0.2, 0) is 11.3 Å².